The first-order valence-electron chi connectivity index (χ1n) is 5.95. The molecule has 0 spiro atoms. The van der Waals surface area contributed by atoms with Crippen molar-refractivity contribution < 1.29 is 14.3 Å². The molecule has 0 amide bonds. The van der Waals surface area contributed by atoms with E-state index in [0.29, 0.717) is 6.42 Å². The van der Waals surface area contributed by atoms with E-state index >= 15 is 0 Å². The summed E-state index contributed by atoms with van der Waals surface area (Å²) in [6, 6.07) is -0.595. The van der Waals surface area contributed by atoms with Gasteiger partial charge in [-0.15, -0.1) is 0 Å². The van der Waals surface area contributed by atoms with Crippen LogP contribution in [0.25, 0.3) is 0 Å². The number of ether oxygens (including phenoxy) is 1. The molecule has 0 fully saturated rings. The molecule has 0 aliphatic rings. The minimum absolute atomic E-state index is 0.0268. The van der Waals surface area contributed by atoms with Gasteiger partial charge in [0, 0.05) is 11.8 Å². The second-order valence-corrected chi connectivity index (χ2v) is 6.35. The lowest BCUT2D eigenvalue weighted by atomic mass is 9.85. The molecule has 0 aromatic carbocycles. The number of carbonyl (C=O) groups is 2. The van der Waals surface area contributed by atoms with E-state index < -0.39 is 17.1 Å². The number of ketones is 1. The minimum atomic E-state index is -0.595. The van der Waals surface area contributed by atoms with Crippen molar-refractivity contribution in [2.24, 2.45) is 11.1 Å². The molecule has 4 heteroatoms. The van der Waals surface area contributed by atoms with Gasteiger partial charge in [0.05, 0.1) is 6.04 Å². The van der Waals surface area contributed by atoms with Crippen LogP contribution in [0.5, 0.6) is 0 Å². The first kappa shape index (κ1) is 16.1. The van der Waals surface area contributed by atoms with Gasteiger partial charge < -0.3 is 10.5 Å². The van der Waals surface area contributed by atoms with E-state index in [2.05, 4.69) is 0 Å². The summed E-state index contributed by atoms with van der Waals surface area (Å²) in [6.07, 6.45) is 0.519. The molecular weight excluding hydrogens is 218 g/mol. The van der Waals surface area contributed by atoms with Gasteiger partial charge in [0.25, 0.3) is 0 Å². The lowest BCUT2D eigenvalue weighted by Gasteiger charge is -2.23. The van der Waals surface area contributed by atoms with E-state index in [1.807, 2.05) is 41.5 Å². The predicted octanol–water partition coefficient (Wildman–Crippen LogP) is 2.05. The molecule has 0 saturated heterocycles. The summed E-state index contributed by atoms with van der Waals surface area (Å²) in [4.78, 5) is 23.2. The van der Waals surface area contributed by atoms with Crippen LogP contribution in [-0.4, -0.2) is 23.4 Å². The lowest BCUT2D eigenvalue weighted by molar-refractivity contribution is -0.155. The molecule has 0 saturated carbocycles. The zero-order valence-corrected chi connectivity index (χ0v) is 11.8. The number of carbonyl (C=O) groups excluding carboxylic acids is 2. The van der Waals surface area contributed by atoms with E-state index in [9.17, 15) is 9.59 Å². The molecule has 0 radical (unpaired) electrons. The number of rotatable bonds is 4. The molecule has 0 aromatic heterocycles. The third kappa shape index (κ3) is 7.10. The first-order chi connectivity index (χ1) is 7.43. The molecule has 2 N–H and O–H groups in total. The number of hydrogen-bond acceptors (Lipinski definition) is 4. The van der Waals surface area contributed by atoms with Gasteiger partial charge in [-0.1, -0.05) is 20.8 Å². The van der Waals surface area contributed by atoms with Gasteiger partial charge >= 0.3 is 5.97 Å². The number of esters is 1. The van der Waals surface area contributed by atoms with Crippen molar-refractivity contribution in [2.45, 2.75) is 66.0 Å². The van der Waals surface area contributed by atoms with Crippen LogP contribution in [0, 0.1) is 5.41 Å². The minimum Gasteiger partial charge on any atom is -0.460 e. The Balaban J connectivity index is 4.14. The Morgan fingerprint density at radius 3 is 1.94 bits per heavy atom. The van der Waals surface area contributed by atoms with Crippen LogP contribution in [-0.2, 0) is 14.3 Å². The van der Waals surface area contributed by atoms with E-state index in [0.717, 1.165) is 0 Å². The number of hydrogen-bond donors (Lipinski definition) is 1. The van der Waals surface area contributed by atoms with Gasteiger partial charge in [0.1, 0.15) is 5.60 Å². The average molecular weight is 243 g/mol. The van der Waals surface area contributed by atoms with Crippen LogP contribution in [0.15, 0.2) is 0 Å². The molecular formula is C13H25NO3. The molecule has 0 heterocycles. The van der Waals surface area contributed by atoms with Crippen LogP contribution in [0.1, 0.15) is 54.4 Å². The fraction of sp³-hybridized carbons (Fsp3) is 0.846. The zero-order valence-electron chi connectivity index (χ0n) is 11.8. The van der Waals surface area contributed by atoms with Crippen LogP contribution in [0.3, 0.4) is 0 Å². The smallest absolute Gasteiger partial charge is 0.306 e. The van der Waals surface area contributed by atoms with Crippen LogP contribution < -0.4 is 5.73 Å². The Hall–Kier alpha value is -0.900. The normalized spacial score (nSPS) is 14.3. The molecule has 17 heavy (non-hydrogen) atoms. The van der Waals surface area contributed by atoms with Crippen LogP contribution >= 0.6 is 0 Å². The molecule has 0 bridgehead atoms. The molecule has 0 aliphatic heterocycles. The van der Waals surface area contributed by atoms with E-state index in [-0.39, 0.29) is 18.2 Å². The van der Waals surface area contributed by atoms with E-state index in [1.165, 1.54) is 0 Å². The highest BCUT2D eigenvalue weighted by Gasteiger charge is 2.27. The molecule has 0 rings (SSSR count). The van der Waals surface area contributed by atoms with Gasteiger partial charge in [-0.3, -0.25) is 9.59 Å². The average Bonchev–Trinajstić information content (AvgIpc) is 2.08. The fourth-order valence-electron chi connectivity index (χ4n) is 1.35. The van der Waals surface area contributed by atoms with Crippen molar-refractivity contribution in [3.05, 3.63) is 0 Å². The largest absolute Gasteiger partial charge is 0.460 e. The van der Waals surface area contributed by atoms with Crippen LogP contribution in [0.2, 0.25) is 0 Å². The van der Waals surface area contributed by atoms with E-state index in [4.69, 9.17) is 10.5 Å². The third-order valence-electron chi connectivity index (χ3n) is 2.16. The van der Waals surface area contributed by atoms with Crippen molar-refractivity contribution in [2.75, 3.05) is 0 Å². The summed E-state index contributed by atoms with van der Waals surface area (Å²) in [5.41, 5.74) is 4.80. The summed E-state index contributed by atoms with van der Waals surface area (Å²) in [6.45, 7) is 10.9. The standard InChI is InChI=1S/C13H25NO3/c1-12(2,3)11(16)9(14)7-8-10(15)17-13(4,5)6/h9H,7-8,14H2,1-6H3/t9-/m1/s1. The van der Waals surface area contributed by atoms with E-state index in [1.54, 1.807) is 0 Å². The third-order valence-corrected chi connectivity index (χ3v) is 2.16. The summed E-state index contributed by atoms with van der Waals surface area (Å²) in [7, 11) is 0. The molecule has 1 atom stereocenters. The summed E-state index contributed by atoms with van der Waals surface area (Å²) < 4.78 is 5.15. The topological polar surface area (TPSA) is 69.4 Å². The Bertz CT molecular complexity index is 284. The summed E-state index contributed by atoms with van der Waals surface area (Å²) >= 11 is 0. The Labute approximate surface area is 104 Å². The Morgan fingerprint density at radius 2 is 1.59 bits per heavy atom. The SMILES string of the molecule is CC(C)(C)OC(=O)CC[C@@H](N)C(=O)C(C)(C)C. The Morgan fingerprint density at radius 1 is 1.12 bits per heavy atom. The molecule has 100 valence electrons. The van der Waals surface area contributed by atoms with Gasteiger partial charge in [-0.05, 0) is 27.2 Å². The highest BCUT2D eigenvalue weighted by molar-refractivity contribution is 5.88. The van der Waals surface area contributed by atoms with Gasteiger partial charge in [-0.2, -0.15) is 0 Å². The van der Waals surface area contributed by atoms with Crippen LogP contribution in [0.4, 0.5) is 0 Å². The zero-order chi connectivity index (χ0) is 13.9. The van der Waals surface area contributed by atoms with Gasteiger partial charge in [0.2, 0.25) is 0 Å². The summed E-state index contributed by atoms with van der Waals surface area (Å²) in [5.74, 6) is -0.337. The predicted molar refractivity (Wildman–Crippen MR) is 67.5 cm³/mol. The van der Waals surface area contributed by atoms with Gasteiger partial charge in [0.15, 0.2) is 5.78 Å². The van der Waals surface area contributed by atoms with Crippen molar-refractivity contribution in [1.82, 2.24) is 0 Å². The maximum Gasteiger partial charge on any atom is 0.306 e. The highest BCUT2D eigenvalue weighted by atomic mass is 16.6. The maximum atomic E-state index is 11.8. The quantitative estimate of drug-likeness (QED) is 0.767. The van der Waals surface area contributed by atoms with Crippen molar-refractivity contribution >= 4 is 11.8 Å². The highest BCUT2D eigenvalue weighted by Crippen LogP contribution is 2.18. The number of nitrogens with two attached hydrogens (primary N) is 1. The molecule has 0 aromatic rings. The number of Topliss-reactive ketones (excluding diaryl/α,β-unsaturated/α-hetero) is 1. The second kappa shape index (κ2) is 5.63. The Kier molecular flexibility index (Phi) is 5.33. The fourth-order valence-corrected chi connectivity index (χ4v) is 1.35. The first-order valence-corrected chi connectivity index (χ1v) is 5.95. The summed E-state index contributed by atoms with van der Waals surface area (Å²) in [5, 5.41) is 0. The molecule has 0 unspecified atom stereocenters. The van der Waals surface area contributed by atoms with Gasteiger partial charge in [-0.25, -0.2) is 0 Å². The maximum absolute atomic E-state index is 11.8. The molecule has 4 nitrogen and oxygen atoms in total. The monoisotopic (exact) mass is 243 g/mol. The lowest BCUT2D eigenvalue weighted by Crippen LogP contribution is -2.39. The second-order valence-electron chi connectivity index (χ2n) is 6.35. The molecule has 0 aliphatic carbocycles. The van der Waals surface area contributed by atoms with Crippen molar-refractivity contribution in [1.29, 1.82) is 0 Å². The van der Waals surface area contributed by atoms with Crippen molar-refractivity contribution in [3.8, 4) is 0 Å². The van der Waals surface area contributed by atoms with Crippen molar-refractivity contribution in [3.63, 3.8) is 0 Å².